The minimum atomic E-state index is -4.03. The van der Waals surface area contributed by atoms with Gasteiger partial charge in [-0.25, -0.2) is 13.4 Å². The maximum Gasteiger partial charge on any atom is 0.306 e. The van der Waals surface area contributed by atoms with Crippen molar-refractivity contribution in [3.05, 3.63) is 53.6 Å². The van der Waals surface area contributed by atoms with Crippen LogP contribution in [0, 0.1) is 18.3 Å². The number of nitrogens with zero attached hydrogens (tertiary/aromatic N) is 5. The van der Waals surface area contributed by atoms with E-state index >= 15 is 0 Å². The Morgan fingerprint density at radius 3 is 1.61 bits per heavy atom. The van der Waals surface area contributed by atoms with Gasteiger partial charge in [-0.05, 0) is 130 Å². The first-order valence-electron chi connectivity index (χ1n) is 35.4. The van der Waals surface area contributed by atoms with Crippen LogP contribution in [0.25, 0.3) is 0 Å². The van der Waals surface area contributed by atoms with Crippen molar-refractivity contribution in [3.8, 4) is 17.6 Å². The summed E-state index contributed by atoms with van der Waals surface area (Å²) in [5.74, 6) is -0.808. The van der Waals surface area contributed by atoms with Gasteiger partial charge >= 0.3 is 23.9 Å². The third-order valence-electron chi connectivity index (χ3n) is 16.6. The van der Waals surface area contributed by atoms with Crippen LogP contribution in [0.3, 0.4) is 0 Å². The topological polar surface area (TPSA) is 296 Å². The van der Waals surface area contributed by atoms with E-state index in [1.165, 1.54) is 26.4 Å². The average molecular weight is 1360 g/mol. The predicted octanol–water partition coefficient (Wildman–Crippen LogP) is 15.4. The molecule has 1 aromatic heterocycles. The van der Waals surface area contributed by atoms with Gasteiger partial charge in [-0.3, -0.25) is 24.1 Å². The number of benzene rings is 2. The molecular weight excluding hydrogens is 1250 g/mol. The number of sulfone groups is 1. The number of hydrogen-bond donors (Lipinski definition) is 4. The van der Waals surface area contributed by atoms with Crippen LogP contribution in [0.15, 0.2) is 57.6 Å². The SMILES string of the molecule is CCCCC(O)CCCCC(=O)OC(CCCC)CCCCC(=O)OCCOCCNc1nc(Nc2ccccc2)c(/N=N/c2cc(OC)c(S(=O)(=O)CCN(CCOC(=O)CCCCC(CCCC)OC(=O)CCCCC(O)CCCC)C(C)(C)C)cc2OC)c(C)c1C#N. The minimum absolute atomic E-state index is 0.00776. The monoisotopic (exact) mass is 1360 g/mol. The van der Waals surface area contributed by atoms with Crippen LogP contribution in [0.2, 0.25) is 0 Å². The highest BCUT2D eigenvalue weighted by Gasteiger charge is 2.29. The van der Waals surface area contributed by atoms with Crippen LogP contribution in [-0.4, -0.2) is 148 Å². The lowest BCUT2D eigenvalue weighted by atomic mass is 10.0. The largest absolute Gasteiger partial charge is 0.495 e. The number of rotatable bonds is 54. The molecule has 96 heavy (non-hydrogen) atoms. The average Bonchev–Trinajstić information content (AvgIpc) is 0.795. The first kappa shape index (κ1) is 83.8. The van der Waals surface area contributed by atoms with E-state index < -0.39 is 15.4 Å². The highest BCUT2D eigenvalue weighted by Crippen LogP contribution is 2.41. The number of nitriles is 1. The van der Waals surface area contributed by atoms with Gasteiger partial charge < -0.3 is 54.0 Å². The summed E-state index contributed by atoms with van der Waals surface area (Å²) in [5, 5.41) is 46.3. The smallest absolute Gasteiger partial charge is 0.306 e. The standard InChI is InChI=1S/C73H117N7O15S/c1-11-15-32-57(81)34-22-26-42-68(85)94-59(36-17-13-3)38-24-28-40-66(83)92-48-45-80(73(6,7)8)46-51-96(87,88)65-53-63(89-9)62(52-64(65)90-10)78-79-70-55(5)61(54-74)71(77-72(70)76-56-30-20-19-21-31-56)75-44-47-91-49-50-93-67(84)41-29-25-39-60(37-18-14-4)95-69(86)43-27-23-35-58(82)33-16-12-2/h19-21,30-31,52-53,57-60,81-82H,11-18,22-29,32-51H2,1-10H3,(H2,75,76,77)/b79-78+. The van der Waals surface area contributed by atoms with Crippen molar-refractivity contribution in [2.75, 3.05) is 76.7 Å². The van der Waals surface area contributed by atoms with Gasteiger partial charge in [0.25, 0.3) is 0 Å². The highest BCUT2D eigenvalue weighted by molar-refractivity contribution is 7.91. The van der Waals surface area contributed by atoms with Gasteiger partial charge in [0.05, 0.1) is 51.0 Å². The number of aliphatic hydroxyl groups is 2. The minimum Gasteiger partial charge on any atom is -0.495 e. The van der Waals surface area contributed by atoms with Crippen LogP contribution in [0.5, 0.6) is 11.5 Å². The summed E-state index contributed by atoms with van der Waals surface area (Å²) in [7, 11) is -1.29. The molecule has 4 atom stereocenters. The van der Waals surface area contributed by atoms with Gasteiger partial charge in [0.1, 0.15) is 65.1 Å². The second-order valence-electron chi connectivity index (χ2n) is 25.7. The Bertz CT molecular complexity index is 2900. The van der Waals surface area contributed by atoms with E-state index in [-0.39, 0.29) is 158 Å². The summed E-state index contributed by atoms with van der Waals surface area (Å²) in [5.41, 5.74) is 1.19. The number of esters is 4. The third kappa shape index (κ3) is 34.2. The number of unbranched alkanes of at least 4 members (excludes halogenated alkanes) is 8. The number of nitrogens with one attached hydrogen (secondary N) is 2. The molecule has 23 heteroatoms. The molecule has 22 nitrogen and oxygen atoms in total. The normalized spacial score (nSPS) is 13.0. The van der Waals surface area contributed by atoms with E-state index in [0.29, 0.717) is 88.3 Å². The maximum absolute atomic E-state index is 14.3. The van der Waals surface area contributed by atoms with E-state index in [0.717, 1.165) is 89.9 Å². The molecule has 0 aliphatic heterocycles. The van der Waals surface area contributed by atoms with Crippen molar-refractivity contribution in [3.63, 3.8) is 0 Å². The van der Waals surface area contributed by atoms with Crippen molar-refractivity contribution in [1.82, 2.24) is 9.88 Å². The second-order valence-corrected chi connectivity index (χ2v) is 27.8. The van der Waals surface area contributed by atoms with Crippen LogP contribution < -0.4 is 20.1 Å². The van der Waals surface area contributed by atoms with Gasteiger partial charge in [0, 0.05) is 74.2 Å². The van der Waals surface area contributed by atoms with Gasteiger partial charge in [-0.15, -0.1) is 10.2 Å². The number of hydrogen-bond acceptors (Lipinski definition) is 22. The number of carbonyl (C=O) groups is 4. The lowest BCUT2D eigenvalue weighted by Gasteiger charge is -2.35. The molecular formula is C73H117N7O15S. The molecule has 540 valence electrons. The summed E-state index contributed by atoms with van der Waals surface area (Å²) in [6.07, 6.45) is 19.3. The summed E-state index contributed by atoms with van der Waals surface area (Å²) in [4.78, 5) is 57.4. The number of methoxy groups -OCH3 is 2. The first-order valence-corrected chi connectivity index (χ1v) is 37.1. The Labute approximate surface area is 574 Å². The van der Waals surface area contributed by atoms with E-state index in [4.69, 9.17) is 38.1 Å². The number of carbonyl (C=O) groups excluding carboxylic acids is 4. The number of anilines is 3. The van der Waals surface area contributed by atoms with Crippen molar-refractivity contribution < 1.29 is 71.0 Å². The van der Waals surface area contributed by atoms with Crippen LogP contribution in [-0.2, 0) is 52.7 Å². The molecule has 0 aliphatic rings. The Kier molecular flexibility index (Phi) is 42.1. The Morgan fingerprint density at radius 2 is 1.10 bits per heavy atom. The zero-order valence-electron chi connectivity index (χ0n) is 59.7. The predicted molar refractivity (Wildman–Crippen MR) is 375 cm³/mol. The fourth-order valence-electron chi connectivity index (χ4n) is 10.8. The summed E-state index contributed by atoms with van der Waals surface area (Å²) in [6.45, 7) is 17.1. The van der Waals surface area contributed by atoms with E-state index in [2.05, 4.69) is 54.6 Å². The quantitative estimate of drug-likeness (QED) is 0.0177. The number of ether oxygens (including phenoxy) is 7. The van der Waals surface area contributed by atoms with Crippen molar-refractivity contribution in [1.29, 1.82) is 5.26 Å². The molecule has 0 bridgehead atoms. The fourth-order valence-corrected chi connectivity index (χ4v) is 12.2. The Hall–Kier alpha value is -6.45. The van der Waals surface area contributed by atoms with Crippen molar-refractivity contribution in [2.24, 2.45) is 10.2 Å². The van der Waals surface area contributed by atoms with Gasteiger partial charge in [-0.2, -0.15) is 5.26 Å². The lowest BCUT2D eigenvalue weighted by Crippen LogP contribution is -2.45. The molecule has 4 unspecified atom stereocenters. The van der Waals surface area contributed by atoms with Crippen molar-refractivity contribution >= 4 is 62.4 Å². The van der Waals surface area contributed by atoms with Gasteiger partial charge in [0.2, 0.25) is 0 Å². The fraction of sp³-hybridized carbons (Fsp3) is 0.699. The molecule has 3 rings (SSSR count). The summed E-state index contributed by atoms with van der Waals surface area (Å²) in [6, 6.07) is 14.3. The Morgan fingerprint density at radius 1 is 0.615 bits per heavy atom. The summed E-state index contributed by atoms with van der Waals surface area (Å²) < 4.78 is 68.4. The number of aromatic nitrogens is 1. The van der Waals surface area contributed by atoms with Crippen molar-refractivity contribution in [2.45, 2.75) is 270 Å². The lowest BCUT2D eigenvalue weighted by molar-refractivity contribution is -0.151. The van der Waals surface area contributed by atoms with Crippen LogP contribution in [0.4, 0.5) is 28.7 Å². The molecule has 0 amide bonds. The molecule has 2 aromatic carbocycles. The van der Waals surface area contributed by atoms with E-state index in [1.807, 2.05) is 56.0 Å². The van der Waals surface area contributed by atoms with E-state index in [1.54, 1.807) is 6.92 Å². The molecule has 0 spiro atoms. The Balaban J connectivity index is 1.59. The molecule has 1 heterocycles. The molecule has 0 radical (unpaired) electrons. The second kappa shape index (κ2) is 48.3. The number of azo groups is 1. The maximum atomic E-state index is 14.3. The molecule has 0 fully saturated rings. The zero-order chi connectivity index (χ0) is 70.6. The summed E-state index contributed by atoms with van der Waals surface area (Å²) >= 11 is 0. The van der Waals surface area contributed by atoms with Gasteiger partial charge in [-0.1, -0.05) is 110 Å². The number of para-hydroxylation sites is 1. The molecule has 0 saturated heterocycles. The van der Waals surface area contributed by atoms with E-state index in [9.17, 15) is 43.1 Å². The van der Waals surface area contributed by atoms with Gasteiger partial charge in [0.15, 0.2) is 15.7 Å². The molecule has 3 aromatic rings. The molecule has 4 N–H and O–H groups in total. The molecule has 0 aliphatic carbocycles. The third-order valence-corrected chi connectivity index (χ3v) is 18.4. The van der Waals surface area contributed by atoms with Crippen LogP contribution >= 0.6 is 0 Å². The zero-order valence-corrected chi connectivity index (χ0v) is 60.5. The number of aliphatic hydroxyl groups excluding tert-OH is 2. The number of pyridine rings is 1. The first-order chi connectivity index (χ1) is 46.1. The highest BCUT2D eigenvalue weighted by atomic mass is 32.2. The van der Waals surface area contributed by atoms with Crippen LogP contribution in [0.1, 0.15) is 239 Å². The molecule has 0 saturated carbocycles.